The summed E-state index contributed by atoms with van der Waals surface area (Å²) in [6.07, 6.45) is 2.59. The van der Waals surface area contributed by atoms with Crippen molar-refractivity contribution in [2.24, 2.45) is 0 Å². The zero-order chi connectivity index (χ0) is 14.5. The van der Waals surface area contributed by atoms with Gasteiger partial charge in [0.05, 0.1) is 22.4 Å². The van der Waals surface area contributed by atoms with Gasteiger partial charge in [-0.15, -0.1) is 0 Å². The molecular formula is C13H17N5O2. The van der Waals surface area contributed by atoms with Crippen molar-refractivity contribution in [1.29, 1.82) is 0 Å². The lowest BCUT2D eigenvalue weighted by Gasteiger charge is -2.08. The number of hydrogen-bond acceptors (Lipinski definition) is 5. The van der Waals surface area contributed by atoms with E-state index < -0.39 is 4.92 Å². The summed E-state index contributed by atoms with van der Waals surface area (Å²) >= 11 is 0. The van der Waals surface area contributed by atoms with Crippen LogP contribution in [-0.4, -0.2) is 26.2 Å². The first kappa shape index (κ1) is 14.0. The van der Waals surface area contributed by atoms with Crippen LogP contribution in [0, 0.1) is 10.1 Å². The summed E-state index contributed by atoms with van der Waals surface area (Å²) in [6, 6.07) is 4.73. The molecule has 0 aromatic carbocycles. The number of nitrogens with one attached hydrogen (secondary N) is 1. The van der Waals surface area contributed by atoms with Gasteiger partial charge in [0, 0.05) is 25.4 Å². The second-order valence-electron chi connectivity index (χ2n) is 4.31. The van der Waals surface area contributed by atoms with Gasteiger partial charge in [-0.3, -0.25) is 14.8 Å². The number of anilines is 1. The Balaban J connectivity index is 2.46. The van der Waals surface area contributed by atoms with Crippen LogP contribution < -0.4 is 5.32 Å². The Kier molecular flexibility index (Phi) is 4.29. The molecule has 20 heavy (non-hydrogen) atoms. The summed E-state index contributed by atoms with van der Waals surface area (Å²) in [4.78, 5) is 15.1. The minimum Gasteiger partial charge on any atom is -0.370 e. The van der Waals surface area contributed by atoms with Gasteiger partial charge in [0.15, 0.2) is 0 Å². The molecule has 2 aromatic rings. The maximum Gasteiger partial charge on any atom is 0.275 e. The van der Waals surface area contributed by atoms with Crippen molar-refractivity contribution in [2.75, 3.05) is 11.9 Å². The van der Waals surface area contributed by atoms with E-state index in [1.165, 1.54) is 12.1 Å². The minimum absolute atomic E-state index is 0.0254. The van der Waals surface area contributed by atoms with E-state index >= 15 is 0 Å². The van der Waals surface area contributed by atoms with Gasteiger partial charge in [0.25, 0.3) is 5.69 Å². The normalized spacial score (nSPS) is 10.5. The first-order valence-corrected chi connectivity index (χ1v) is 6.58. The van der Waals surface area contributed by atoms with Gasteiger partial charge in [0.2, 0.25) is 0 Å². The largest absolute Gasteiger partial charge is 0.370 e. The maximum absolute atomic E-state index is 11.0. The molecule has 0 amide bonds. The van der Waals surface area contributed by atoms with Crippen LogP contribution in [0.15, 0.2) is 24.4 Å². The SMILES string of the molecule is CCCNc1cc([N+](=O)[O-])cc(-c2ccnn2CC)n1. The molecule has 0 aliphatic carbocycles. The number of hydrogen-bond donors (Lipinski definition) is 1. The van der Waals surface area contributed by atoms with Gasteiger partial charge >= 0.3 is 0 Å². The van der Waals surface area contributed by atoms with Crippen LogP contribution in [-0.2, 0) is 6.54 Å². The predicted octanol–water partition coefficient (Wildman–Crippen LogP) is 2.70. The molecule has 7 heteroatoms. The van der Waals surface area contributed by atoms with E-state index in [1.807, 2.05) is 13.8 Å². The van der Waals surface area contributed by atoms with Gasteiger partial charge in [-0.1, -0.05) is 6.92 Å². The van der Waals surface area contributed by atoms with Gasteiger partial charge in [-0.2, -0.15) is 5.10 Å². The fourth-order valence-corrected chi connectivity index (χ4v) is 1.90. The molecule has 2 heterocycles. The zero-order valence-corrected chi connectivity index (χ0v) is 11.5. The van der Waals surface area contributed by atoms with Crippen LogP contribution in [0.25, 0.3) is 11.4 Å². The second kappa shape index (κ2) is 6.14. The van der Waals surface area contributed by atoms with E-state index in [0.717, 1.165) is 18.7 Å². The molecule has 0 radical (unpaired) electrons. The summed E-state index contributed by atoms with van der Waals surface area (Å²) in [7, 11) is 0. The average molecular weight is 275 g/mol. The molecule has 2 aromatic heterocycles. The number of aromatic nitrogens is 3. The topological polar surface area (TPSA) is 85.9 Å². The smallest absolute Gasteiger partial charge is 0.275 e. The first-order chi connectivity index (χ1) is 9.65. The Morgan fingerprint density at radius 1 is 1.40 bits per heavy atom. The molecule has 0 spiro atoms. The lowest BCUT2D eigenvalue weighted by atomic mass is 10.2. The van der Waals surface area contributed by atoms with Crippen molar-refractivity contribution in [3.05, 3.63) is 34.5 Å². The summed E-state index contributed by atoms with van der Waals surface area (Å²) in [5, 5.41) is 18.3. The van der Waals surface area contributed by atoms with E-state index in [0.29, 0.717) is 18.1 Å². The highest BCUT2D eigenvalue weighted by Crippen LogP contribution is 2.25. The molecule has 0 saturated carbocycles. The molecule has 0 unspecified atom stereocenters. The highest BCUT2D eigenvalue weighted by molar-refractivity contribution is 5.62. The van der Waals surface area contributed by atoms with Crippen molar-refractivity contribution in [3.8, 4) is 11.4 Å². The molecule has 1 N–H and O–H groups in total. The first-order valence-electron chi connectivity index (χ1n) is 6.58. The number of aryl methyl sites for hydroxylation is 1. The Morgan fingerprint density at radius 2 is 2.20 bits per heavy atom. The summed E-state index contributed by atoms with van der Waals surface area (Å²) < 4.78 is 1.76. The van der Waals surface area contributed by atoms with Crippen LogP contribution in [0.1, 0.15) is 20.3 Å². The quantitative estimate of drug-likeness (QED) is 0.647. The van der Waals surface area contributed by atoms with Crippen molar-refractivity contribution < 1.29 is 4.92 Å². The summed E-state index contributed by atoms with van der Waals surface area (Å²) in [6.45, 7) is 5.40. The molecule has 0 atom stereocenters. The standard InChI is InChI=1S/C13H17N5O2/c1-3-6-14-13-9-10(18(19)20)8-11(16-13)12-5-7-15-17(12)4-2/h5,7-9H,3-4,6H2,1-2H3,(H,14,16). The van der Waals surface area contributed by atoms with Gasteiger partial charge in [0.1, 0.15) is 5.82 Å². The van der Waals surface area contributed by atoms with Crippen molar-refractivity contribution in [1.82, 2.24) is 14.8 Å². The van der Waals surface area contributed by atoms with Crippen LogP contribution in [0.5, 0.6) is 0 Å². The van der Waals surface area contributed by atoms with E-state index in [-0.39, 0.29) is 5.69 Å². The minimum atomic E-state index is -0.408. The third kappa shape index (κ3) is 2.93. The fourth-order valence-electron chi connectivity index (χ4n) is 1.90. The average Bonchev–Trinajstić information content (AvgIpc) is 2.93. The maximum atomic E-state index is 11.0. The number of rotatable bonds is 6. The second-order valence-corrected chi connectivity index (χ2v) is 4.31. The van der Waals surface area contributed by atoms with Gasteiger partial charge in [-0.05, 0) is 19.4 Å². The van der Waals surface area contributed by atoms with E-state index in [1.54, 1.807) is 16.9 Å². The molecule has 0 aliphatic rings. The lowest BCUT2D eigenvalue weighted by Crippen LogP contribution is -2.05. The Labute approximate surface area is 116 Å². The summed E-state index contributed by atoms with van der Waals surface area (Å²) in [5.74, 6) is 0.514. The Hall–Kier alpha value is -2.44. The number of nitrogens with zero attached hydrogens (tertiary/aromatic N) is 4. The third-order valence-corrected chi connectivity index (χ3v) is 2.86. The molecule has 7 nitrogen and oxygen atoms in total. The van der Waals surface area contributed by atoms with Crippen LogP contribution in [0.3, 0.4) is 0 Å². The Bertz CT molecular complexity index is 609. The lowest BCUT2D eigenvalue weighted by molar-refractivity contribution is -0.384. The number of nitro groups is 1. The van der Waals surface area contributed by atoms with E-state index in [2.05, 4.69) is 15.4 Å². The van der Waals surface area contributed by atoms with E-state index in [4.69, 9.17) is 0 Å². The molecule has 0 aliphatic heterocycles. The van der Waals surface area contributed by atoms with Crippen LogP contribution in [0.2, 0.25) is 0 Å². The fraction of sp³-hybridized carbons (Fsp3) is 0.385. The third-order valence-electron chi connectivity index (χ3n) is 2.86. The molecule has 0 bridgehead atoms. The molecule has 0 saturated heterocycles. The zero-order valence-electron chi connectivity index (χ0n) is 11.5. The van der Waals surface area contributed by atoms with Crippen molar-refractivity contribution >= 4 is 11.5 Å². The highest BCUT2D eigenvalue weighted by Gasteiger charge is 2.14. The molecule has 106 valence electrons. The van der Waals surface area contributed by atoms with E-state index in [9.17, 15) is 10.1 Å². The highest BCUT2D eigenvalue weighted by atomic mass is 16.6. The monoisotopic (exact) mass is 275 g/mol. The van der Waals surface area contributed by atoms with Crippen LogP contribution in [0.4, 0.5) is 11.5 Å². The van der Waals surface area contributed by atoms with Crippen molar-refractivity contribution in [2.45, 2.75) is 26.8 Å². The van der Waals surface area contributed by atoms with Gasteiger partial charge < -0.3 is 5.32 Å². The molecule has 0 fully saturated rings. The number of pyridine rings is 1. The van der Waals surface area contributed by atoms with Gasteiger partial charge in [-0.25, -0.2) is 4.98 Å². The Morgan fingerprint density at radius 3 is 2.85 bits per heavy atom. The summed E-state index contributed by atoms with van der Waals surface area (Å²) in [5.41, 5.74) is 1.35. The van der Waals surface area contributed by atoms with Crippen molar-refractivity contribution in [3.63, 3.8) is 0 Å². The molecule has 2 rings (SSSR count). The predicted molar refractivity (Wildman–Crippen MR) is 76.6 cm³/mol. The van der Waals surface area contributed by atoms with Crippen LogP contribution >= 0.6 is 0 Å². The molecular weight excluding hydrogens is 258 g/mol.